The molecule has 6 rings (SSSR count). The van der Waals surface area contributed by atoms with E-state index in [1.807, 2.05) is 42.5 Å². The molecule has 0 amide bonds. The van der Waals surface area contributed by atoms with Crippen LogP contribution >= 0.6 is 24.8 Å². The fourth-order valence-electron chi connectivity index (χ4n) is 4.14. The minimum absolute atomic E-state index is 0. The van der Waals surface area contributed by atoms with Gasteiger partial charge in [-0.1, -0.05) is 55.5 Å². The number of fused-ring (bicyclic) bond motifs is 1. The first-order valence-electron chi connectivity index (χ1n) is 12.2. The predicted octanol–water partition coefficient (Wildman–Crippen LogP) is 6.65. The Morgan fingerprint density at radius 3 is 2.40 bits per heavy atom. The Hall–Kier alpha value is -4.60. The number of aryl methyl sites for hydroxylation is 1. The monoisotopic (exact) mass is 573 g/mol. The second-order valence-corrected chi connectivity index (χ2v) is 8.55. The minimum Gasteiger partial charge on any atom is -0.486 e. The molecule has 2 aromatic carbocycles. The Labute approximate surface area is 242 Å². The zero-order chi connectivity index (χ0) is 25.7. The number of aromatic amines is 1. The normalized spacial score (nSPS) is 10.4. The Morgan fingerprint density at radius 2 is 1.68 bits per heavy atom. The first-order valence-corrected chi connectivity index (χ1v) is 12.2. The molecule has 9 nitrogen and oxygen atoms in total. The molecule has 1 N–H and O–H groups in total. The maximum absolute atomic E-state index is 6.28. The molecule has 11 heteroatoms. The van der Waals surface area contributed by atoms with E-state index in [0.717, 1.165) is 39.9 Å². The van der Waals surface area contributed by atoms with Gasteiger partial charge in [0.25, 0.3) is 0 Å². The van der Waals surface area contributed by atoms with Crippen molar-refractivity contribution in [1.29, 1.82) is 0 Å². The Bertz CT molecular complexity index is 1680. The van der Waals surface area contributed by atoms with Crippen molar-refractivity contribution >= 4 is 35.8 Å². The van der Waals surface area contributed by atoms with Crippen LogP contribution < -0.4 is 9.47 Å². The number of H-pyrrole nitrogens is 1. The van der Waals surface area contributed by atoms with Crippen LogP contribution in [-0.4, -0.2) is 35.6 Å². The van der Waals surface area contributed by atoms with Crippen molar-refractivity contribution in [3.8, 4) is 39.9 Å². The minimum atomic E-state index is 0. The molecule has 0 aliphatic carbocycles. The molecule has 0 radical (unpaired) electrons. The number of hydrogen-bond donors (Lipinski definition) is 1. The summed E-state index contributed by atoms with van der Waals surface area (Å²) in [5.74, 6) is 2.35. The Balaban J connectivity index is 0.00000185. The molecule has 40 heavy (non-hydrogen) atoms. The third-order valence-corrected chi connectivity index (χ3v) is 6.05. The van der Waals surface area contributed by atoms with Crippen molar-refractivity contribution < 1.29 is 9.47 Å². The van der Waals surface area contributed by atoms with Gasteiger partial charge in [-0.05, 0) is 51.7 Å². The molecule has 0 saturated heterocycles. The maximum Gasteiger partial charge on any atom is 0.220 e. The molecule has 0 fully saturated rings. The van der Waals surface area contributed by atoms with Gasteiger partial charge in [0, 0.05) is 29.6 Å². The van der Waals surface area contributed by atoms with Gasteiger partial charge in [-0.25, -0.2) is 10.1 Å². The Morgan fingerprint density at radius 1 is 0.850 bits per heavy atom. The van der Waals surface area contributed by atoms with Crippen LogP contribution in [0, 0.1) is 0 Å². The van der Waals surface area contributed by atoms with Gasteiger partial charge in [0.2, 0.25) is 5.88 Å². The second-order valence-electron chi connectivity index (χ2n) is 8.55. The highest BCUT2D eigenvalue weighted by molar-refractivity contribution is 5.86. The summed E-state index contributed by atoms with van der Waals surface area (Å²) in [4.78, 5) is 13.5. The van der Waals surface area contributed by atoms with Crippen LogP contribution in [0.1, 0.15) is 18.2 Å². The van der Waals surface area contributed by atoms with Crippen molar-refractivity contribution in [2.75, 3.05) is 0 Å². The first kappa shape index (κ1) is 28.4. The highest BCUT2D eigenvalue weighted by atomic mass is 35.5. The molecule has 0 bridgehead atoms. The quantitative estimate of drug-likeness (QED) is 0.215. The molecule has 4 aromatic heterocycles. The van der Waals surface area contributed by atoms with Crippen LogP contribution in [0.25, 0.3) is 33.5 Å². The molecule has 0 atom stereocenters. The highest BCUT2D eigenvalue weighted by Crippen LogP contribution is 2.31. The fraction of sp³-hybridized carbons (Fsp3) is 0.103. The van der Waals surface area contributed by atoms with E-state index in [0.29, 0.717) is 35.3 Å². The van der Waals surface area contributed by atoms with E-state index in [2.05, 4.69) is 67.8 Å². The summed E-state index contributed by atoms with van der Waals surface area (Å²) >= 11 is 0. The van der Waals surface area contributed by atoms with Crippen LogP contribution in [0.5, 0.6) is 17.4 Å². The Kier molecular flexibility index (Phi) is 9.21. The van der Waals surface area contributed by atoms with Crippen molar-refractivity contribution in [1.82, 2.24) is 35.6 Å². The summed E-state index contributed by atoms with van der Waals surface area (Å²) in [5.41, 5.74) is 6.40. The van der Waals surface area contributed by atoms with Crippen molar-refractivity contribution in [2.45, 2.75) is 20.0 Å². The second kappa shape index (κ2) is 13.0. The van der Waals surface area contributed by atoms with Gasteiger partial charge in [-0.15, -0.1) is 29.9 Å². The fourth-order valence-corrected chi connectivity index (χ4v) is 4.14. The van der Waals surface area contributed by atoms with Gasteiger partial charge >= 0.3 is 0 Å². The molecular weight excluding hydrogens is 549 g/mol. The van der Waals surface area contributed by atoms with E-state index in [1.54, 1.807) is 18.5 Å². The van der Waals surface area contributed by atoms with E-state index in [1.165, 1.54) is 0 Å². The van der Waals surface area contributed by atoms with E-state index in [-0.39, 0.29) is 24.8 Å². The molecule has 202 valence electrons. The lowest BCUT2D eigenvalue weighted by atomic mass is 9.98. The van der Waals surface area contributed by atoms with E-state index < -0.39 is 0 Å². The van der Waals surface area contributed by atoms with Crippen molar-refractivity contribution in [2.24, 2.45) is 0 Å². The average molecular weight is 574 g/mol. The number of nitrogens with one attached hydrogen (secondary N) is 1. The molecule has 0 aliphatic rings. The molecule has 0 saturated carbocycles. The lowest BCUT2D eigenvalue weighted by Gasteiger charge is -2.12. The molecule has 0 aliphatic heterocycles. The zero-order valence-electron chi connectivity index (χ0n) is 21.4. The van der Waals surface area contributed by atoms with E-state index in [9.17, 15) is 0 Å². The number of aromatic nitrogens is 7. The summed E-state index contributed by atoms with van der Waals surface area (Å²) in [6, 6.07) is 25.6. The number of benzene rings is 2. The number of halogens is 2. The van der Waals surface area contributed by atoms with Crippen LogP contribution in [0.4, 0.5) is 0 Å². The largest absolute Gasteiger partial charge is 0.486 e. The van der Waals surface area contributed by atoms with Gasteiger partial charge in [-0.3, -0.25) is 9.97 Å². The summed E-state index contributed by atoms with van der Waals surface area (Å²) in [6.07, 6.45) is 4.13. The van der Waals surface area contributed by atoms with Gasteiger partial charge in [-0.2, -0.15) is 0 Å². The SMILES string of the molecule is CCc1cc(OCc2ccc(-c3ccccc3-c3nnn[nH]3)cc2)c2nc(Oc3cccnc3)ccc2n1.Cl.Cl. The summed E-state index contributed by atoms with van der Waals surface area (Å²) in [7, 11) is 0. The van der Waals surface area contributed by atoms with E-state index >= 15 is 0 Å². The topological polar surface area (TPSA) is 112 Å². The lowest BCUT2D eigenvalue weighted by molar-refractivity contribution is 0.308. The van der Waals surface area contributed by atoms with Crippen LogP contribution in [0.2, 0.25) is 0 Å². The third-order valence-electron chi connectivity index (χ3n) is 6.05. The van der Waals surface area contributed by atoms with E-state index in [4.69, 9.17) is 14.5 Å². The molecule has 4 heterocycles. The number of tetrazole rings is 1. The maximum atomic E-state index is 6.28. The predicted molar refractivity (Wildman–Crippen MR) is 157 cm³/mol. The summed E-state index contributed by atoms with van der Waals surface area (Å²) in [6.45, 7) is 2.45. The molecular formula is C29H25Cl2N7O2. The lowest BCUT2D eigenvalue weighted by Crippen LogP contribution is -2.00. The number of hydrogen-bond acceptors (Lipinski definition) is 8. The average Bonchev–Trinajstić information content (AvgIpc) is 3.52. The van der Waals surface area contributed by atoms with Gasteiger partial charge in [0.05, 0.1) is 11.7 Å². The number of nitrogens with zero attached hydrogens (tertiary/aromatic N) is 6. The summed E-state index contributed by atoms with van der Waals surface area (Å²) in [5, 5.41) is 14.3. The van der Waals surface area contributed by atoms with Crippen LogP contribution in [-0.2, 0) is 13.0 Å². The zero-order valence-corrected chi connectivity index (χ0v) is 23.0. The number of ether oxygens (including phenoxy) is 2. The van der Waals surface area contributed by atoms with Crippen molar-refractivity contribution in [3.63, 3.8) is 0 Å². The highest BCUT2D eigenvalue weighted by Gasteiger charge is 2.12. The number of rotatable bonds is 8. The third kappa shape index (κ3) is 6.17. The summed E-state index contributed by atoms with van der Waals surface area (Å²) < 4.78 is 12.2. The van der Waals surface area contributed by atoms with Crippen molar-refractivity contribution in [3.05, 3.63) is 103 Å². The molecule has 6 aromatic rings. The van der Waals surface area contributed by atoms with Crippen LogP contribution in [0.3, 0.4) is 0 Å². The van der Waals surface area contributed by atoms with Gasteiger partial charge in [0.15, 0.2) is 5.82 Å². The molecule has 0 unspecified atom stereocenters. The molecule has 0 spiro atoms. The van der Waals surface area contributed by atoms with Gasteiger partial charge < -0.3 is 9.47 Å². The standard InChI is InChI=1S/C29H23N7O2.2ClH/c1-2-21-16-26(28-25(31-21)13-14-27(32-28)38-22-6-5-15-30-17-22)37-18-19-9-11-20(12-10-19)23-7-3-4-8-24(23)29-33-35-36-34-29;;/h3-17H,2,18H2,1H3,(H,33,34,35,36);2*1H. The van der Waals surface area contributed by atoms with Crippen LogP contribution in [0.15, 0.2) is 91.3 Å². The van der Waals surface area contributed by atoms with Gasteiger partial charge in [0.1, 0.15) is 23.6 Å². The first-order chi connectivity index (χ1) is 18.8. The smallest absolute Gasteiger partial charge is 0.220 e. The number of pyridine rings is 3.